The number of Topliss-reactive ketones (excluding diaryl/α,β-unsaturated/α-hetero) is 2. The van der Waals surface area contributed by atoms with Crippen LogP contribution < -0.4 is 0 Å². The summed E-state index contributed by atoms with van der Waals surface area (Å²) in [7, 11) is 0. The lowest BCUT2D eigenvalue weighted by molar-refractivity contribution is -0.133. The molecule has 0 heterocycles. The zero-order valence-corrected chi connectivity index (χ0v) is 9.72. The van der Waals surface area contributed by atoms with E-state index in [0.29, 0.717) is 12.8 Å². The first-order chi connectivity index (χ1) is 6.80. The van der Waals surface area contributed by atoms with Gasteiger partial charge in [0.15, 0.2) is 0 Å². The van der Waals surface area contributed by atoms with E-state index in [0.717, 1.165) is 12.0 Å². The van der Waals surface area contributed by atoms with Gasteiger partial charge in [-0.05, 0) is 11.8 Å². The molecule has 2 fully saturated rings. The fourth-order valence-electron chi connectivity index (χ4n) is 3.26. The monoisotopic (exact) mass is 206 g/mol. The SMILES string of the molecule is C=C1CCC(=O)[C@@H]2C(=O)C[C@@]1(C)C2(C)C. The Morgan fingerprint density at radius 2 is 1.73 bits per heavy atom. The number of hydrogen-bond acceptors (Lipinski definition) is 2. The largest absolute Gasteiger partial charge is 0.299 e. The van der Waals surface area contributed by atoms with Gasteiger partial charge in [0.2, 0.25) is 0 Å². The van der Waals surface area contributed by atoms with Crippen molar-refractivity contribution in [3.05, 3.63) is 12.2 Å². The van der Waals surface area contributed by atoms with Gasteiger partial charge in [0.25, 0.3) is 0 Å². The normalized spacial score (nSPS) is 39.4. The maximum absolute atomic E-state index is 11.9. The van der Waals surface area contributed by atoms with Crippen LogP contribution in [0.4, 0.5) is 0 Å². The average molecular weight is 206 g/mol. The molecule has 2 nitrogen and oxygen atoms in total. The molecule has 0 aliphatic heterocycles. The van der Waals surface area contributed by atoms with Crippen molar-refractivity contribution in [2.75, 3.05) is 0 Å². The summed E-state index contributed by atoms with van der Waals surface area (Å²) in [6.45, 7) is 10.3. The summed E-state index contributed by atoms with van der Waals surface area (Å²) in [4.78, 5) is 23.8. The Bertz CT molecular complexity index is 357. The Balaban J connectivity index is 2.60. The smallest absolute Gasteiger partial charge is 0.144 e. The van der Waals surface area contributed by atoms with E-state index >= 15 is 0 Å². The lowest BCUT2D eigenvalue weighted by Gasteiger charge is -2.39. The Morgan fingerprint density at radius 1 is 1.13 bits per heavy atom. The number of allylic oxidation sites excluding steroid dienone is 1. The van der Waals surface area contributed by atoms with E-state index in [1.54, 1.807) is 0 Å². The van der Waals surface area contributed by atoms with Gasteiger partial charge in [0, 0.05) is 18.3 Å². The van der Waals surface area contributed by atoms with E-state index in [2.05, 4.69) is 13.5 Å². The number of carbonyl (C=O) groups excluding carboxylic acids is 2. The van der Waals surface area contributed by atoms with E-state index < -0.39 is 0 Å². The molecule has 2 aliphatic rings. The second-order valence-corrected chi connectivity index (χ2v) is 5.70. The quantitative estimate of drug-likeness (QED) is 0.451. The lowest BCUT2D eigenvalue weighted by atomic mass is 9.63. The third-order valence-electron chi connectivity index (χ3n) is 4.77. The van der Waals surface area contributed by atoms with Crippen molar-refractivity contribution in [2.45, 2.75) is 40.0 Å². The van der Waals surface area contributed by atoms with Crippen molar-refractivity contribution in [1.82, 2.24) is 0 Å². The highest BCUT2D eigenvalue weighted by molar-refractivity contribution is 6.06. The number of fused-ring (bicyclic) bond motifs is 2. The van der Waals surface area contributed by atoms with Crippen LogP contribution in [0, 0.1) is 16.7 Å². The number of rotatable bonds is 0. The van der Waals surface area contributed by atoms with Crippen LogP contribution in [0.1, 0.15) is 40.0 Å². The molecule has 15 heavy (non-hydrogen) atoms. The third kappa shape index (κ3) is 1.11. The molecule has 0 aromatic carbocycles. The van der Waals surface area contributed by atoms with Gasteiger partial charge in [-0.25, -0.2) is 0 Å². The van der Waals surface area contributed by atoms with E-state index in [9.17, 15) is 9.59 Å². The van der Waals surface area contributed by atoms with Crippen LogP contribution in [0.25, 0.3) is 0 Å². The zero-order chi connectivity index (χ0) is 11.4. The molecule has 0 radical (unpaired) electrons. The summed E-state index contributed by atoms with van der Waals surface area (Å²) in [5.74, 6) is -0.150. The molecule has 2 atom stereocenters. The van der Waals surface area contributed by atoms with Crippen molar-refractivity contribution in [2.24, 2.45) is 16.7 Å². The number of carbonyl (C=O) groups is 2. The average Bonchev–Trinajstić information content (AvgIpc) is 2.26. The van der Waals surface area contributed by atoms with Crippen LogP contribution in [-0.4, -0.2) is 11.6 Å². The Labute approximate surface area is 90.7 Å². The molecule has 0 aromatic heterocycles. The van der Waals surface area contributed by atoms with Gasteiger partial charge in [0.05, 0.1) is 5.92 Å². The molecule has 2 aliphatic carbocycles. The molecule has 0 aromatic rings. The fraction of sp³-hybridized carbons (Fsp3) is 0.692. The number of ketones is 2. The highest BCUT2D eigenvalue weighted by Crippen LogP contribution is 2.60. The van der Waals surface area contributed by atoms with E-state index in [4.69, 9.17) is 0 Å². The van der Waals surface area contributed by atoms with Gasteiger partial charge >= 0.3 is 0 Å². The van der Waals surface area contributed by atoms with Crippen LogP contribution in [0.5, 0.6) is 0 Å². The minimum Gasteiger partial charge on any atom is -0.299 e. The van der Waals surface area contributed by atoms with E-state index in [1.165, 1.54) is 0 Å². The summed E-state index contributed by atoms with van der Waals surface area (Å²) < 4.78 is 0. The highest BCUT2D eigenvalue weighted by atomic mass is 16.2. The van der Waals surface area contributed by atoms with Crippen LogP contribution >= 0.6 is 0 Å². The first-order valence-electron chi connectivity index (χ1n) is 5.54. The zero-order valence-electron chi connectivity index (χ0n) is 9.72. The molecule has 2 saturated carbocycles. The first kappa shape index (κ1) is 10.6. The Kier molecular flexibility index (Phi) is 1.98. The predicted molar refractivity (Wildman–Crippen MR) is 58.4 cm³/mol. The third-order valence-corrected chi connectivity index (χ3v) is 4.77. The minimum atomic E-state index is -0.387. The summed E-state index contributed by atoms with van der Waals surface area (Å²) in [5.41, 5.74) is 0.643. The van der Waals surface area contributed by atoms with Crippen molar-refractivity contribution in [3.8, 4) is 0 Å². The minimum absolute atomic E-state index is 0.118. The topological polar surface area (TPSA) is 34.1 Å². The van der Waals surface area contributed by atoms with Crippen molar-refractivity contribution >= 4 is 11.6 Å². The fourth-order valence-corrected chi connectivity index (χ4v) is 3.26. The molecule has 0 saturated heterocycles. The predicted octanol–water partition coefficient (Wildman–Crippen LogP) is 2.53. The van der Waals surface area contributed by atoms with Gasteiger partial charge in [-0.15, -0.1) is 0 Å². The van der Waals surface area contributed by atoms with Gasteiger partial charge in [0.1, 0.15) is 11.6 Å². The van der Waals surface area contributed by atoms with E-state index in [-0.39, 0.29) is 28.3 Å². The summed E-state index contributed by atoms with van der Waals surface area (Å²) in [6.07, 6.45) is 1.74. The molecular formula is C13H18O2. The molecule has 2 rings (SSSR count). The molecular weight excluding hydrogens is 188 g/mol. The molecule has 0 N–H and O–H groups in total. The van der Waals surface area contributed by atoms with Crippen LogP contribution in [0.2, 0.25) is 0 Å². The maximum atomic E-state index is 11.9. The summed E-state index contributed by atoms with van der Waals surface area (Å²) in [5, 5.41) is 0. The maximum Gasteiger partial charge on any atom is 0.144 e. The van der Waals surface area contributed by atoms with Crippen molar-refractivity contribution in [3.63, 3.8) is 0 Å². The second-order valence-electron chi connectivity index (χ2n) is 5.70. The van der Waals surface area contributed by atoms with Gasteiger partial charge < -0.3 is 0 Å². The summed E-state index contributed by atoms with van der Waals surface area (Å²) >= 11 is 0. The van der Waals surface area contributed by atoms with E-state index in [1.807, 2.05) is 13.8 Å². The first-order valence-corrected chi connectivity index (χ1v) is 5.54. The Hall–Kier alpha value is -0.920. The van der Waals surface area contributed by atoms with Crippen molar-refractivity contribution < 1.29 is 9.59 Å². The van der Waals surface area contributed by atoms with Gasteiger partial charge in [-0.2, -0.15) is 0 Å². The number of hydrogen-bond donors (Lipinski definition) is 0. The Morgan fingerprint density at radius 3 is 2.33 bits per heavy atom. The lowest BCUT2D eigenvalue weighted by Crippen LogP contribution is -2.36. The van der Waals surface area contributed by atoms with Crippen LogP contribution in [-0.2, 0) is 9.59 Å². The van der Waals surface area contributed by atoms with Gasteiger partial charge in [-0.1, -0.05) is 32.9 Å². The molecule has 2 heteroatoms. The molecule has 82 valence electrons. The van der Waals surface area contributed by atoms with Crippen LogP contribution in [0.3, 0.4) is 0 Å². The standard InChI is InChI=1S/C13H18O2/c1-8-5-6-9(14)11-10(15)7-13(8,4)12(11,2)3/h11H,1,5-7H2,2-4H3/t11-,13-/m1/s1. The summed E-state index contributed by atoms with van der Waals surface area (Å²) in [6, 6.07) is 0. The van der Waals surface area contributed by atoms with Crippen molar-refractivity contribution in [1.29, 1.82) is 0 Å². The molecule has 0 amide bonds. The van der Waals surface area contributed by atoms with Gasteiger partial charge in [-0.3, -0.25) is 9.59 Å². The highest BCUT2D eigenvalue weighted by Gasteiger charge is 2.60. The second kappa shape index (κ2) is 2.81. The molecule has 2 bridgehead atoms. The molecule has 0 spiro atoms. The van der Waals surface area contributed by atoms with Crippen LogP contribution in [0.15, 0.2) is 12.2 Å². The molecule has 0 unspecified atom stereocenters.